The molecule has 0 amide bonds. The van der Waals surface area contributed by atoms with Gasteiger partial charge in [-0.25, -0.2) is 4.98 Å². The number of pyridine rings is 1. The van der Waals surface area contributed by atoms with Crippen LogP contribution in [0.1, 0.15) is 18.1 Å². The molecule has 0 fully saturated rings. The molecule has 2 aromatic rings. The van der Waals surface area contributed by atoms with Crippen LogP contribution in [0.2, 0.25) is 5.15 Å². The van der Waals surface area contributed by atoms with Crippen molar-refractivity contribution in [2.45, 2.75) is 20.3 Å². The van der Waals surface area contributed by atoms with E-state index in [0.29, 0.717) is 11.6 Å². The van der Waals surface area contributed by atoms with Crippen LogP contribution in [0, 0.1) is 12.8 Å². The van der Waals surface area contributed by atoms with E-state index in [2.05, 4.69) is 4.98 Å². The minimum absolute atomic E-state index is 0.385. The zero-order valence-corrected chi connectivity index (χ0v) is 11.0. The van der Waals surface area contributed by atoms with Gasteiger partial charge < -0.3 is 5.11 Å². The highest BCUT2D eigenvalue weighted by molar-refractivity contribution is 6.30. The lowest BCUT2D eigenvalue weighted by molar-refractivity contribution is -0.141. The van der Waals surface area contributed by atoms with Gasteiger partial charge in [0.05, 0.1) is 11.4 Å². The molecule has 94 valence electrons. The number of hydrogen-bond acceptors (Lipinski definition) is 2. The number of aryl methyl sites for hydroxylation is 1. The number of benzene rings is 1. The molecule has 1 aromatic heterocycles. The average molecular weight is 264 g/mol. The van der Waals surface area contributed by atoms with Crippen LogP contribution >= 0.6 is 11.6 Å². The molecule has 18 heavy (non-hydrogen) atoms. The standard InChI is InChI=1S/C14H14ClNO2/c1-8-6-11-7-10(5-9(2)14(17)18)3-4-12(11)16-13(8)15/h3-4,6-7,9H,5H2,1-2H3,(H,17,18). The van der Waals surface area contributed by atoms with Crippen molar-refractivity contribution >= 4 is 28.5 Å². The molecular formula is C14H14ClNO2. The van der Waals surface area contributed by atoms with Crippen LogP contribution < -0.4 is 0 Å². The summed E-state index contributed by atoms with van der Waals surface area (Å²) in [5.74, 6) is -1.16. The second-order valence-corrected chi connectivity index (χ2v) is 4.92. The lowest BCUT2D eigenvalue weighted by Gasteiger charge is -2.08. The lowest BCUT2D eigenvalue weighted by Crippen LogP contribution is -2.12. The normalized spacial score (nSPS) is 12.6. The lowest BCUT2D eigenvalue weighted by atomic mass is 9.99. The van der Waals surface area contributed by atoms with Gasteiger partial charge in [0.1, 0.15) is 5.15 Å². The molecule has 2 rings (SSSR count). The largest absolute Gasteiger partial charge is 0.481 e. The van der Waals surface area contributed by atoms with E-state index < -0.39 is 5.97 Å². The summed E-state index contributed by atoms with van der Waals surface area (Å²) in [6.07, 6.45) is 0.521. The summed E-state index contributed by atoms with van der Waals surface area (Å²) in [4.78, 5) is 15.1. The van der Waals surface area contributed by atoms with Crippen molar-refractivity contribution in [2.75, 3.05) is 0 Å². The Hall–Kier alpha value is -1.61. The number of carboxylic acids is 1. The number of fused-ring (bicyclic) bond motifs is 1. The molecule has 0 aliphatic heterocycles. The van der Waals surface area contributed by atoms with E-state index in [1.54, 1.807) is 6.92 Å². The van der Waals surface area contributed by atoms with Crippen LogP contribution in [-0.4, -0.2) is 16.1 Å². The van der Waals surface area contributed by atoms with E-state index in [1.807, 2.05) is 31.2 Å². The maximum absolute atomic E-state index is 10.8. The first kappa shape index (κ1) is 12.8. The van der Waals surface area contributed by atoms with Crippen LogP contribution in [-0.2, 0) is 11.2 Å². The number of aromatic nitrogens is 1. The maximum atomic E-state index is 10.8. The SMILES string of the molecule is Cc1cc2cc(CC(C)C(=O)O)ccc2nc1Cl. The number of nitrogens with zero attached hydrogens (tertiary/aromatic N) is 1. The van der Waals surface area contributed by atoms with Gasteiger partial charge in [-0.1, -0.05) is 24.6 Å². The molecule has 1 aromatic carbocycles. The third-order valence-electron chi connectivity index (χ3n) is 2.97. The van der Waals surface area contributed by atoms with Crippen molar-refractivity contribution in [3.63, 3.8) is 0 Å². The number of aliphatic carboxylic acids is 1. The number of rotatable bonds is 3. The third-order valence-corrected chi connectivity index (χ3v) is 3.35. The van der Waals surface area contributed by atoms with E-state index in [0.717, 1.165) is 22.0 Å². The molecule has 4 heteroatoms. The van der Waals surface area contributed by atoms with Gasteiger partial charge >= 0.3 is 5.97 Å². The predicted molar refractivity (Wildman–Crippen MR) is 72.0 cm³/mol. The van der Waals surface area contributed by atoms with Crippen LogP contribution in [0.4, 0.5) is 0 Å². The van der Waals surface area contributed by atoms with E-state index in [4.69, 9.17) is 16.7 Å². The highest BCUT2D eigenvalue weighted by Crippen LogP contribution is 2.22. The van der Waals surface area contributed by atoms with Crippen molar-refractivity contribution in [2.24, 2.45) is 5.92 Å². The fourth-order valence-electron chi connectivity index (χ4n) is 1.88. The quantitative estimate of drug-likeness (QED) is 0.863. The molecule has 0 radical (unpaired) electrons. The zero-order valence-electron chi connectivity index (χ0n) is 10.3. The van der Waals surface area contributed by atoms with Crippen molar-refractivity contribution in [3.8, 4) is 0 Å². The summed E-state index contributed by atoms with van der Waals surface area (Å²) < 4.78 is 0. The number of hydrogen-bond donors (Lipinski definition) is 1. The summed E-state index contributed by atoms with van der Waals surface area (Å²) in [6.45, 7) is 3.61. The Morgan fingerprint density at radius 3 is 2.83 bits per heavy atom. The van der Waals surface area contributed by atoms with Gasteiger partial charge in [0.2, 0.25) is 0 Å². The molecule has 1 unspecified atom stereocenters. The number of carbonyl (C=O) groups is 1. The first-order valence-electron chi connectivity index (χ1n) is 5.76. The van der Waals surface area contributed by atoms with E-state index in [-0.39, 0.29) is 5.92 Å². The van der Waals surface area contributed by atoms with Gasteiger partial charge in [0.25, 0.3) is 0 Å². The highest BCUT2D eigenvalue weighted by Gasteiger charge is 2.12. The van der Waals surface area contributed by atoms with Crippen molar-refractivity contribution in [1.82, 2.24) is 4.98 Å². The average Bonchev–Trinajstić information content (AvgIpc) is 2.31. The molecule has 3 nitrogen and oxygen atoms in total. The molecule has 0 saturated carbocycles. The maximum Gasteiger partial charge on any atom is 0.306 e. The fourth-order valence-corrected chi connectivity index (χ4v) is 2.02. The van der Waals surface area contributed by atoms with Crippen LogP contribution in [0.3, 0.4) is 0 Å². The highest BCUT2D eigenvalue weighted by atomic mass is 35.5. The Balaban J connectivity index is 2.38. The Labute approximate surface area is 110 Å². The molecule has 1 N–H and O–H groups in total. The molecule has 0 spiro atoms. The second kappa shape index (κ2) is 4.94. The van der Waals surface area contributed by atoms with E-state index in [9.17, 15) is 4.79 Å². The van der Waals surface area contributed by atoms with Gasteiger partial charge in [-0.2, -0.15) is 0 Å². The Morgan fingerprint density at radius 2 is 2.17 bits per heavy atom. The molecule has 0 saturated heterocycles. The van der Waals surface area contributed by atoms with Crippen LogP contribution in [0.25, 0.3) is 10.9 Å². The van der Waals surface area contributed by atoms with Crippen molar-refractivity contribution in [1.29, 1.82) is 0 Å². The predicted octanol–water partition coefficient (Wildman–Crippen LogP) is 3.46. The van der Waals surface area contributed by atoms with Gasteiger partial charge in [0, 0.05) is 5.39 Å². The van der Waals surface area contributed by atoms with Crippen LogP contribution in [0.5, 0.6) is 0 Å². The summed E-state index contributed by atoms with van der Waals surface area (Å²) in [7, 11) is 0. The monoisotopic (exact) mass is 263 g/mol. The summed E-state index contributed by atoms with van der Waals surface area (Å²) in [5.41, 5.74) is 2.76. The topological polar surface area (TPSA) is 50.2 Å². The van der Waals surface area contributed by atoms with Crippen molar-refractivity contribution < 1.29 is 9.90 Å². The smallest absolute Gasteiger partial charge is 0.306 e. The number of carboxylic acid groups (broad SMARTS) is 1. The van der Waals surface area contributed by atoms with Gasteiger partial charge in [0.15, 0.2) is 0 Å². The molecule has 0 aliphatic carbocycles. The first-order valence-corrected chi connectivity index (χ1v) is 6.14. The minimum Gasteiger partial charge on any atom is -0.481 e. The Kier molecular flexibility index (Phi) is 3.53. The summed E-state index contributed by atoms with van der Waals surface area (Å²) >= 11 is 5.96. The van der Waals surface area contributed by atoms with Gasteiger partial charge in [-0.15, -0.1) is 0 Å². The molecular weight excluding hydrogens is 250 g/mol. The fraction of sp³-hybridized carbons (Fsp3) is 0.286. The Bertz CT molecular complexity index is 610. The summed E-state index contributed by atoms with van der Waals surface area (Å²) in [5, 5.41) is 10.4. The van der Waals surface area contributed by atoms with Gasteiger partial charge in [-0.05, 0) is 42.7 Å². The second-order valence-electron chi connectivity index (χ2n) is 4.57. The molecule has 0 bridgehead atoms. The minimum atomic E-state index is -0.777. The zero-order chi connectivity index (χ0) is 13.3. The number of halogens is 1. The van der Waals surface area contributed by atoms with Crippen LogP contribution in [0.15, 0.2) is 24.3 Å². The molecule has 0 aliphatic rings. The summed E-state index contributed by atoms with van der Waals surface area (Å²) in [6, 6.07) is 7.73. The molecule has 1 atom stereocenters. The van der Waals surface area contributed by atoms with E-state index in [1.165, 1.54) is 0 Å². The third kappa shape index (κ3) is 2.62. The molecule has 1 heterocycles. The van der Waals surface area contributed by atoms with E-state index >= 15 is 0 Å². The van der Waals surface area contributed by atoms with Gasteiger partial charge in [-0.3, -0.25) is 4.79 Å². The first-order chi connectivity index (χ1) is 8.47. The Morgan fingerprint density at radius 1 is 1.44 bits per heavy atom. The van der Waals surface area contributed by atoms with Crippen molar-refractivity contribution in [3.05, 3.63) is 40.5 Å².